The minimum Gasteiger partial charge on any atom is -0.463 e. The van der Waals surface area contributed by atoms with Crippen molar-refractivity contribution < 1.29 is 9.53 Å². The molecule has 0 spiro atoms. The number of carbonyl (C=O) groups is 1. The highest BCUT2D eigenvalue weighted by molar-refractivity contribution is 5.84. The smallest absolute Gasteiger partial charge is 0.374 e. The topological polar surface area (TPSA) is 55.0 Å². The Morgan fingerprint density at radius 2 is 2.27 bits per heavy atom. The van der Waals surface area contributed by atoms with Crippen molar-refractivity contribution in [2.75, 3.05) is 7.11 Å². The summed E-state index contributed by atoms with van der Waals surface area (Å²) in [6, 6.07) is 0. The van der Waals surface area contributed by atoms with Gasteiger partial charge in [0.15, 0.2) is 0 Å². The van der Waals surface area contributed by atoms with Crippen LogP contribution in [-0.2, 0) is 4.74 Å². The normalized spacial score (nSPS) is 7.91. The first-order valence-electron chi connectivity index (χ1n) is 3.42. The Hall–Kier alpha value is -1.32. The number of H-pyrrole nitrogens is 1. The second-order valence-electron chi connectivity index (χ2n) is 1.43. The third kappa shape index (κ3) is 2.84. The molecule has 0 saturated carbocycles. The van der Waals surface area contributed by atoms with E-state index in [1.165, 1.54) is 13.3 Å². The number of hydrogen-bond acceptors (Lipinski definition) is 3. The Morgan fingerprint density at radius 3 is 2.64 bits per heavy atom. The molecule has 4 nitrogen and oxygen atoms in total. The number of carbonyl (C=O) groups excluding carboxylic acids is 1. The van der Waals surface area contributed by atoms with E-state index in [-0.39, 0.29) is 5.82 Å². The quantitative estimate of drug-likeness (QED) is 0.622. The molecule has 0 bridgehead atoms. The predicted octanol–water partition coefficient (Wildman–Crippen LogP) is 1.22. The molecule has 1 N–H and O–H groups in total. The number of nitrogens with one attached hydrogen (secondary N) is 1. The van der Waals surface area contributed by atoms with Crippen molar-refractivity contribution in [3.8, 4) is 0 Å². The number of hydrogen-bond donors (Lipinski definition) is 1. The lowest BCUT2D eigenvalue weighted by Crippen LogP contribution is -2.02. The van der Waals surface area contributed by atoms with Crippen LogP contribution in [0, 0.1) is 0 Å². The Bertz CT molecular complexity index is 194. The van der Waals surface area contributed by atoms with Gasteiger partial charge in [-0.1, -0.05) is 13.8 Å². The summed E-state index contributed by atoms with van der Waals surface area (Å²) < 4.78 is 4.36. The van der Waals surface area contributed by atoms with Crippen LogP contribution in [0.5, 0.6) is 0 Å². The SMILES string of the molecule is CC.COC(=O)c1ncc[nH]1. The first-order valence-corrected chi connectivity index (χ1v) is 3.42. The highest BCUT2D eigenvalue weighted by Crippen LogP contribution is 1.89. The van der Waals surface area contributed by atoms with Crippen molar-refractivity contribution in [3.05, 3.63) is 18.2 Å². The van der Waals surface area contributed by atoms with Crippen molar-refractivity contribution in [3.63, 3.8) is 0 Å². The van der Waals surface area contributed by atoms with Gasteiger partial charge >= 0.3 is 5.97 Å². The summed E-state index contributed by atoms with van der Waals surface area (Å²) in [6.45, 7) is 4.00. The predicted molar refractivity (Wildman–Crippen MR) is 41.3 cm³/mol. The van der Waals surface area contributed by atoms with Crippen LogP contribution in [0.15, 0.2) is 12.4 Å². The maximum atomic E-state index is 10.6. The third-order valence-corrected chi connectivity index (χ3v) is 0.877. The Kier molecular flexibility index (Phi) is 4.81. The van der Waals surface area contributed by atoms with Gasteiger partial charge in [0.05, 0.1) is 7.11 Å². The molecule has 0 aromatic carbocycles. The molecule has 1 heterocycles. The van der Waals surface area contributed by atoms with Crippen LogP contribution in [-0.4, -0.2) is 23.0 Å². The molecule has 0 atom stereocenters. The molecule has 0 saturated heterocycles. The molecule has 0 fully saturated rings. The molecule has 0 radical (unpaired) electrons. The van der Waals surface area contributed by atoms with Crippen molar-refractivity contribution in [1.29, 1.82) is 0 Å². The second kappa shape index (κ2) is 5.46. The minimum absolute atomic E-state index is 0.234. The van der Waals surface area contributed by atoms with Crippen molar-refractivity contribution in [2.24, 2.45) is 0 Å². The fourth-order valence-electron chi connectivity index (χ4n) is 0.474. The summed E-state index contributed by atoms with van der Waals surface area (Å²) in [5.74, 6) is -0.211. The summed E-state index contributed by atoms with van der Waals surface area (Å²) in [7, 11) is 1.31. The van der Waals surface area contributed by atoms with E-state index in [1.807, 2.05) is 13.8 Å². The van der Waals surface area contributed by atoms with E-state index < -0.39 is 5.97 Å². The Morgan fingerprint density at radius 1 is 1.64 bits per heavy atom. The van der Waals surface area contributed by atoms with Crippen molar-refractivity contribution in [1.82, 2.24) is 9.97 Å². The van der Waals surface area contributed by atoms with E-state index in [1.54, 1.807) is 6.20 Å². The summed E-state index contributed by atoms with van der Waals surface area (Å²) in [5.41, 5.74) is 0. The van der Waals surface area contributed by atoms with Gasteiger partial charge in [-0.3, -0.25) is 0 Å². The zero-order valence-corrected chi connectivity index (χ0v) is 6.92. The second-order valence-corrected chi connectivity index (χ2v) is 1.43. The number of aromatic amines is 1. The van der Waals surface area contributed by atoms with E-state index >= 15 is 0 Å². The van der Waals surface area contributed by atoms with Gasteiger partial charge in [-0.15, -0.1) is 0 Å². The lowest BCUT2D eigenvalue weighted by Gasteiger charge is -1.89. The summed E-state index contributed by atoms with van der Waals surface area (Å²) >= 11 is 0. The minimum atomic E-state index is -0.444. The van der Waals surface area contributed by atoms with Crippen LogP contribution >= 0.6 is 0 Å². The van der Waals surface area contributed by atoms with Crippen LogP contribution in [0.25, 0.3) is 0 Å². The van der Waals surface area contributed by atoms with E-state index in [4.69, 9.17) is 0 Å². The maximum Gasteiger partial charge on any atom is 0.374 e. The zero-order chi connectivity index (χ0) is 8.69. The molecule has 0 unspecified atom stereocenters. The summed E-state index contributed by atoms with van der Waals surface area (Å²) in [5, 5.41) is 0. The van der Waals surface area contributed by atoms with Gasteiger partial charge in [-0.2, -0.15) is 0 Å². The standard InChI is InChI=1S/C5H6N2O2.C2H6/c1-9-5(8)4-6-2-3-7-4;1-2/h2-3H,1H3,(H,6,7);1-2H3. The fourth-order valence-corrected chi connectivity index (χ4v) is 0.474. The van der Waals surface area contributed by atoms with Gasteiger partial charge in [-0.05, 0) is 0 Å². The Labute approximate surface area is 65.6 Å². The van der Waals surface area contributed by atoms with Crippen LogP contribution in [0.4, 0.5) is 0 Å². The summed E-state index contributed by atoms with van der Waals surface area (Å²) in [6.07, 6.45) is 3.05. The maximum absolute atomic E-state index is 10.6. The van der Waals surface area contributed by atoms with Gasteiger partial charge in [-0.25, -0.2) is 9.78 Å². The first-order chi connectivity index (χ1) is 5.34. The molecule has 1 aromatic heterocycles. The number of aromatic nitrogens is 2. The molecule has 11 heavy (non-hydrogen) atoms. The monoisotopic (exact) mass is 156 g/mol. The molecule has 0 aliphatic heterocycles. The largest absolute Gasteiger partial charge is 0.463 e. The molecule has 4 heteroatoms. The molecular formula is C7H12N2O2. The molecule has 1 aromatic rings. The Balaban J connectivity index is 0.000000461. The zero-order valence-electron chi connectivity index (χ0n) is 6.92. The van der Waals surface area contributed by atoms with E-state index in [2.05, 4.69) is 14.7 Å². The van der Waals surface area contributed by atoms with E-state index in [0.29, 0.717) is 0 Å². The molecule has 1 rings (SSSR count). The average Bonchev–Trinajstić information content (AvgIpc) is 2.59. The van der Waals surface area contributed by atoms with Gasteiger partial charge in [0.1, 0.15) is 0 Å². The van der Waals surface area contributed by atoms with E-state index in [0.717, 1.165) is 0 Å². The number of nitrogens with zero attached hydrogens (tertiary/aromatic N) is 1. The summed E-state index contributed by atoms with van der Waals surface area (Å²) in [4.78, 5) is 16.8. The van der Waals surface area contributed by atoms with Crippen LogP contribution < -0.4 is 0 Å². The molecule has 62 valence electrons. The fraction of sp³-hybridized carbons (Fsp3) is 0.429. The van der Waals surface area contributed by atoms with Gasteiger partial charge < -0.3 is 9.72 Å². The number of esters is 1. The van der Waals surface area contributed by atoms with Crippen LogP contribution in [0.1, 0.15) is 24.5 Å². The van der Waals surface area contributed by atoms with Gasteiger partial charge in [0.2, 0.25) is 5.82 Å². The number of ether oxygens (including phenoxy) is 1. The van der Waals surface area contributed by atoms with Crippen LogP contribution in [0.2, 0.25) is 0 Å². The highest BCUT2D eigenvalue weighted by Gasteiger charge is 2.04. The molecular weight excluding hydrogens is 144 g/mol. The molecule has 0 amide bonds. The first kappa shape index (κ1) is 9.68. The molecule has 0 aliphatic carbocycles. The number of rotatable bonds is 1. The average molecular weight is 156 g/mol. The van der Waals surface area contributed by atoms with Crippen molar-refractivity contribution in [2.45, 2.75) is 13.8 Å². The lowest BCUT2D eigenvalue weighted by molar-refractivity contribution is 0.0588. The number of methoxy groups -OCH3 is 1. The number of imidazole rings is 1. The molecule has 0 aliphatic rings. The van der Waals surface area contributed by atoms with Crippen LogP contribution in [0.3, 0.4) is 0 Å². The van der Waals surface area contributed by atoms with Gasteiger partial charge in [0.25, 0.3) is 0 Å². The van der Waals surface area contributed by atoms with E-state index in [9.17, 15) is 4.79 Å². The highest BCUT2D eigenvalue weighted by atomic mass is 16.5. The van der Waals surface area contributed by atoms with Crippen molar-refractivity contribution >= 4 is 5.97 Å². The lowest BCUT2D eigenvalue weighted by atomic mass is 10.6. The third-order valence-electron chi connectivity index (χ3n) is 0.877. The van der Waals surface area contributed by atoms with Gasteiger partial charge in [0, 0.05) is 12.4 Å².